The largest absolute Gasteiger partial charge is 0.351 e. The monoisotopic (exact) mass is 275 g/mol. The first-order chi connectivity index (χ1) is 9.20. The molecule has 0 aliphatic rings. The molecular formula is C13H13N3O2S. The fourth-order valence-electron chi connectivity index (χ4n) is 1.52. The van der Waals surface area contributed by atoms with Gasteiger partial charge in [0.25, 0.3) is 5.91 Å². The molecule has 2 N–H and O–H groups in total. The van der Waals surface area contributed by atoms with Crippen molar-refractivity contribution in [3.8, 4) is 11.8 Å². The zero-order chi connectivity index (χ0) is 13.7. The zero-order valence-corrected chi connectivity index (χ0v) is 11.2. The molecule has 98 valence electrons. The van der Waals surface area contributed by atoms with Crippen molar-refractivity contribution in [2.75, 3.05) is 13.6 Å². The average molecular weight is 275 g/mol. The third-order valence-corrected chi connectivity index (χ3v) is 3.28. The summed E-state index contributed by atoms with van der Waals surface area (Å²) in [6.07, 6.45) is 1.45. The number of aromatic nitrogens is 1. The Balaban J connectivity index is 2.01. The molecule has 0 spiro atoms. The van der Waals surface area contributed by atoms with Crippen LogP contribution in [0.25, 0.3) is 0 Å². The van der Waals surface area contributed by atoms with E-state index in [1.807, 2.05) is 11.4 Å². The Morgan fingerprint density at radius 1 is 1.63 bits per heavy atom. The van der Waals surface area contributed by atoms with Crippen LogP contribution in [0.5, 0.6) is 0 Å². The number of rotatable bonds is 3. The standard InChI is InChI=1S/C13H13N3O2S/c1-16(13(17)12-4-6-15-18-12)8-10-7-11(19-9-10)3-2-5-14/h4,6-7,9H,5,8,14H2,1H3. The maximum absolute atomic E-state index is 11.9. The van der Waals surface area contributed by atoms with Crippen molar-refractivity contribution in [3.63, 3.8) is 0 Å². The summed E-state index contributed by atoms with van der Waals surface area (Å²) in [5.74, 6) is 5.81. The molecule has 2 rings (SSSR count). The van der Waals surface area contributed by atoms with Crippen LogP contribution in [-0.4, -0.2) is 29.6 Å². The number of nitrogens with zero attached hydrogens (tertiary/aromatic N) is 2. The molecule has 2 heterocycles. The second kappa shape index (κ2) is 6.18. The van der Waals surface area contributed by atoms with Gasteiger partial charge in [0.2, 0.25) is 5.76 Å². The maximum Gasteiger partial charge on any atom is 0.292 e. The van der Waals surface area contributed by atoms with E-state index in [0.29, 0.717) is 13.1 Å². The van der Waals surface area contributed by atoms with Crippen LogP contribution >= 0.6 is 11.3 Å². The zero-order valence-electron chi connectivity index (χ0n) is 10.4. The summed E-state index contributed by atoms with van der Waals surface area (Å²) in [5, 5.41) is 5.50. The number of carbonyl (C=O) groups is 1. The van der Waals surface area contributed by atoms with E-state index in [1.54, 1.807) is 18.0 Å². The third-order valence-electron chi connectivity index (χ3n) is 2.38. The lowest BCUT2D eigenvalue weighted by atomic mass is 10.3. The highest BCUT2D eigenvalue weighted by Crippen LogP contribution is 2.16. The molecule has 19 heavy (non-hydrogen) atoms. The van der Waals surface area contributed by atoms with E-state index in [1.165, 1.54) is 17.5 Å². The van der Waals surface area contributed by atoms with Gasteiger partial charge in [-0.3, -0.25) is 4.79 Å². The van der Waals surface area contributed by atoms with Crippen molar-refractivity contribution in [3.05, 3.63) is 39.9 Å². The molecule has 6 heteroatoms. The maximum atomic E-state index is 11.9. The summed E-state index contributed by atoms with van der Waals surface area (Å²) in [6, 6.07) is 3.50. The van der Waals surface area contributed by atoms with Crippen molar-refractivity contribution >= 4 is 17.2 Å². The van der Waals surface area contributed by atoms with Crippen LogP contribution in [0.4, 0.5) is 0 Å². The first-order valence-electron chi connectivity index (χ1n) is 5.63. The smallest absolute Gasteiger partial charge is 0.292 e. The number of amides is 1. The number of hydrogen-bond acceptors (Lipinski definition) is 5. The minimum Gasteiger partial charge on any atom is -0.351 e. The van der Waals surface area contributed by atoms with Crippen LogP contribution in [0, 0.1) is 11.8 Å². The summed E-state index contributed by atoms with van der Waals surface area (Å²) >= 11 is 1.54. The highest BCUT2D eigenvalue weighted by Gasteiger charge is 2.15. The van der Waals surface area contributed by atoms with Crippen molar-refractivity contribution in [2.45, 2.75) is 6.54 Å². The van der Waals surface area contributed by atoms with Gasteiger partial charge >= 0.3 is 0 Å². The van der Waals surface area contributed by atoms with Gasteiger partial charge in [0.05, 0.1) is 17.6 Å². The molecule has 0 atom stereocenters. The van der Waals surface area contributed by atoms with Crippen LogP contribution in [0.1, 0.15) is 21.0 Å². The first kappa shape index (κ1) is 13.3. The molecule has 2 aromatic heterocycles. The normalized spacial score (nSPS) is 9.79. The Morgan fingerprint density at radius 3 is 3.16 bits per heavy atom. The fraction of sp³-hybridized carbons (Fsp3) is 0.231. The fourth-order valence-corrected chi connectivity index (χ4v) is 2.29. The molecule has 2 aromatic rings. The number of hydrogen-bond donors (Lipinski definition) is 1. The van der Waals surface area contributed by atoms with Crippen LogP contribution in [0.2, 0.25) is 0 Å². The second-order valence-corrected chi connectivity index (χ2v) is 4.77. The van der Waals surface area contributed by atoms with E-state index < -0.39 is 0 Å². The van der Waals surface area contributed by atoms with Gasteiger partial charge in [-0.05, 0) is 17.0 Å². The van der Waals surface area contributed by atoms with Gasteiger partial charge in [-0.2, -0.15) is 0 Å². The molecule has 0 aliphatic carbocycles. The number of carbonyl (C=O) groups excluding carboxylic acids is 1. The average Bonchev–Trinajstić information content (AvgIpc) is 3.06. The van der Waals surface area contributed by atoms with Crippen molar-refractivity contribution in [1.29, 1.82) is 0 Å². The van der Waals surface area contributed by atoms with E-state index in [4.69, 9.17) is 10.3 Å². The molecule has 0 aromatic carbocycles. The summed E-state index contributed by atoms with van der Waals surface area (Å²) in [6.45, 7) is 0.845. The lowest BCUT2D eigenvalue weighted by Crippen LogP contribution is -2.25. The molecule has 0 aliphatic heterocycles. The highest BCUT2D eigenvalue weighted by molar-refractivity contribution is 7.10. The van der Waals surface area contributed by atoms with E-state index in [-0.39, 0.29) is 11.7 Å². The Kier molecular flexibility index (Phi) is 4.34. The summed E-state index contributed by atoms with van der Waals surface area (Å²) in [4.78, 5) is 14.5. The van der Waals surface area contributed by atoms with Gasteiger partial charge < -0.3 is 15.2 Å². The molecule has 0 unspecified atom stereocenters. The van der Waals surface area contributed by atoms with E-state index in [0.717, 1.165) is 10.4 Å². The molecule has 0 fully saturated rings. The molecule has 0 radical (unpaired) electrons. The lowest BCUT2D eigenvalue weighted by Gasteiger charge is -2.13. The van der Waals surface area contributed by atoms with E-state index >= 15 is 0 Å². The molecular weight excluding hydrogens is 262 g/mol. The first-order valence-corrected chi connectivity index (χ1v) is 6.51. The minimum atomic E-state index is -0.196. The molecule has 0 saturated carbocycles. The van der Waals surface area contributed by atoms with Gasteiger partial charge in [-0.1, -0.05) is 17.0 Å². The van der Waals surface area contributed by atoms with Crippen LogP contribution in [0.15, 0.2) is 28.2 Å². The Labute approximate surface area is 115 Å². The highest BCUT2D eigenvalue weighted by atomic mass is 32.1. The van der Waals surface area contributed by atoms with Crippen LogP contribution < -0.4 is 5.73 Å². The van der Waals surface area contributed by atoms with Gasteiger partial charge in [-0.25, -0.2) is 0 Å². The SMILES string of the molecule is CN(Cc1csc(C#CCN)c1)C(=O)c1ccno1. The van der Waals surface area contributed by atoms with Gasteiger partial charge in [0.15, 0.2) is 0 Å². The van der Waals surface area contributed by atoms with Gasteiger partial charge in [0, 0.05) is 19.7 Å². The Hall–Kier alpha value is -2.10. The van der Waals surface area contributed by atoms with Crippen molar-refractivity contribution < 1.29 is 9.32 Å². The molecule has 1 amide bonds. The quantitative estimate of drug-likeness (QED) is 0.857. The summed E-state index contributed by atoms with van der Waals surface area (Å²) in [5.41, 5.74) is 6.35. The topological polar surface area (TPSA) is 72.4 Å². The van der Waals surface area contributed by atoms with Crippen LogP contribution in [0.3, 0.4) is 0 Å². The summed E-state index contributed by atoms with van der Waals surface area (Å²) in [7, 11) is 1.72. The summed E-state index contributed by atoms with van der Waals surface area (Å²) < 4.78 is 4.84. The Morgan fingerprint density at radius 2 is 2.47 bits per heavy atom. The molecule has 0 bridgehead atoms. The molecule has 5 nitrogen and oxygen atoms in total. The second-order valence-electron chi connectivity index (χ2n) is 3.86. The minimum absolute atomic E-state index is 0.196. The predicted molar refractivity (Wildman–Crippen MR) is 72.6 cm³/mol. The lowest BCUT2D eigenvalue weighted by molar-refractivity contribution is 0.0743. The Bertz CT molecular complexity index is 607. The predicted octanol–water partition coefficient (Wildman–Crippen LogP) is 1.32. The van der Waals surface area contributed by atoms with Crippen LogP contribution in [-0.2, 0) is 6.54 Å². The van der Waals surface area contributed by atoms with E-state index in [9.17, 15) is 4.79 Å². The van der Waals surface area contributed by atoms with Gasteiger partial charge in [-0.15, -0.1) is 11.3 Å². The van der Waals surface area contributed by atoms with Gasteiger partial charge in [0.1, 0.15) is 0 Å². The number of nitrogens with two attached hydrogens (primary N) is 1. The molecule has 0 saturated heterocycles. The number of thiophene rings is 1. The third kappa shape index (κ3) is 3.44. The van der Waals surface area contributed by atoms with Crippen molar-refractivity contribution in [2.24, 2.45) is 5.73 Å². The van der Waals surface area contributed by atoms with E-state index in [2.05, 4.69) is 17.0 Å². The van der Waals surface area contributed by atoms with Crippen molar-refractivity contribution in [1.82, 2.24) is 10.1 Å².